The van der Waals surface area contributed by atoms with E-state index >= 15 is 0 Å². The number of nitrogens with zero attached hydrogens (tertiary/aromatic N) is 1. The van der Waals surface area contributed by atoms with Gasteiger partial charge < -0.3 is 13.7 Å². The second kappa shape index (κ2) is 12.3. The van der Waals surface area contributed by atoms with Crippen LogP contribution >= 0.6 is 0 Å². The molecule has 9 aromatic carbocycles. The SMILES string of the molecule is CC1(C)c2ccccc2-c2ccc(N(c3ccc(-c4cccc5oc6c(-c7ccccc7)c7c(cc6c45)oc4ccccc47)cc3)c3cccc4ccccc34)cc21. The number of hydrogen-bond donors (Lipinski definition) is 0. The second-order valence-corrected chi connectivity index (χ2v) is 16.0. The van der Waals surface area contributed by atoms with Crippen molar-refractivity contribution in [1.82, 2.24) is 0 Å². The average molecular weight is 744 g/mol. The van der Waals surface area contributed by atoms with Crippen LogP contribution in [0.5, 0.6) is 0 Å². The lowest BCUT2D eigenvalue weighted by atomic mass is 9.82. The standard InChI is InChI=1S/C55H37NO2/c1-55(2)45-22-10-8-19-41(45)42-31-30-38(32-46(42)55)56(47-23-12-17-34-14-6-7-18-39(34)47)37-28-26-35(27-29-37)40-21-13-25-49-52(40)44-33-50-53(43-20-9-11-24-48(43)57-50)51(54(44)58-49)36-15-4-3-5-16-36/h3-33H,1-2H3. The normalized spacial score (nSPS) is 13.1. The molecule has 0 amide bonds. The molecule has 0 atom stereocenters. The van der Waals surface area contributed by atoms with Crippen molar-refractivity contribution in [3.8, 4) is 33.4 Å². The van der Waals surface area contributed by atoms with Crippen LogP contribution < -0.4 is 4.90 Å². The number of furan rings is 2. The Balaban J connectivity index is 1.04. The first kappa shape index (κ1) is 32.8. The van der Waals surface area contributed by atoms with Crippen LogP contribution in [0.3, 0.4) is 0 Å². The third-order valence-electron chi connectivity index (χ3n) is 12.5. The highest BCUT2D eigenvalue weighted by atomic mass is 16.3. The number of hydrogen-bond acceptors (Lipinski definition) is 3. The van der Waals surface area contributed by atoms with Gasteiger partial charge in [-0.1, -0.05) is 153 Å². The molecule has 0 saturated carbocycles. The van der Waals surface area contributed by atoms with Gasteiger partial charge in [0.2, 0.25) is 0 Å². The van der Waals surface area contributed by atoms with Crippen LogP contribution in [0.2, 0.25) is 0 Å². The van der Waals surface area contributed by atoms with Gasteiger partial charge in [0.25, 0.3) is 0 Å². The Morgan fingerprint density at radius 1 is 0.414 bits per heavy atom. The molecule has 3 nitrogen and oxygen atoms in total. The Kier molecular flexibility index (Phi) is 6.98. The van der Waals surface area contributed by atoms with Crippen LogP contribution in [0.1, 0.15) is 25.0 Å². The summed E-state index contributed by atoms with van der Waals surface area (Å²) in [5, 5.41) is 6.70. The fourth-order valence-electron chi connectivity index (χ4n) is 9.74. The summed E-state index contributed by atoms with van der Waals surface area (Å²) in [6.45, 7) is 4.70. The van der Waals surface area contributed by atoms with Gasteiger partial charge in [0, 0.05) is 49.3 Å². The molecule has 2 aromatic heterocycles. The zero-order valence-electron chi connectivity index (χ0n) is 32.2. The first-order valence-corrected chi connectivity index (χ1v) is 20.0. The third-order valence-corrected chi connectivity index (χ3v) is 12.5. The van der Waals surface area contributed by atoms with Gasteiger partial charge >= 0.3 is 0 Å². The molecule has 0 radical (unpaired) electrons. The van der Waals surface area contributed by atoms with Gasteiger partial charge in [-0.05, 0) is 92.9 Å². The van der Waals surface area contributed by atoms with Crippen molar-refractivity contribution in [3.05, 3.63) is 199 Å². The summed E-state index contributed by atoms with van der Waals surface area (Å²) in [7, 11) is 0. The van der Waals surface area contributed by atoms with Gasteiger partial charge in [-0.3, -0.25) is 0 Å². The summed E-state index contributed by atoms with van der Waals surface area (Å²) in [5.41, 5.74) is 16.5. The van der Waals surface area contributed by atoms with Gasteiger partial charge in [0.15, 0.2) is 0 Å². The molecular weight excluding hydrogens is 707 g/mol. The summed E-state index contributed by atoms with van der Waals surface area (Å²) in [6, 6.07) is 67.6. The zero-order valence-corrected chi connectivity index (χ0v) is 32.2. The number of fused-ring (bicyclic) bond motifs is 10. The minimum atomic E-state index is -0.114. The van der Waals surface area contributed by atoms with E-state index in [2.05, 4.69) is 195 Å². The lowest BCUT2D eigenvalue weighted by Gasteiger charge is -2.29. The molecule has 3 heteroatoms. The molecule has 0 saturated heterocycles. The molecule has 2 heterocycles. The molecule has 0 unspecified atom stereocenters. The number of rotatable bonds is 5. The van der Waals surface area contributed by atoms with Gasteiger partial charge in [-0.15, -0.1) is 0 Å². The molecule has 0 N–H and O–H groups in total. The first-order chi connectivity index (χ1) is 28.5. The topological polar surface area (TPSA) is 29.5 Å². The number of anilines is 3. The Labute approximate surface area is 336 Å². The van der Waals surface area contributed by atoms with Crippen molar-refractivity contribution in [2.45, 2.75) is 19.3 Å². The average Bonchev–Trinajstić information content (AvgIpc) is 3.91. The Morgan fingerprint density at radius 3 is 1.97 bits per heavy atom. The monoisotopic (exact) mass is 743 g/mol. The van der Waals surface area contributed by atoms with Crippen molar-refractivity contribution in [1.29, 1.82) is 0 Å². The zero-order chi connectivity index (χ0) is 38.5. The van der Waals surface area contributed by atoms with E-state index in [0.717, 1.165) is 83.2 Å². The van der Waals surface area contributed by atoms with Gasteiger partial charge in [-0.25, -0.2) is 0 Å². The van der Waals surface area contributed by atoms with Crippen molar-refractivity contribution >= 4 is 71.7 Å². The molecule has 1 aliphatic rings. The molecule has 0 spiro atoms. The van der Waals surface area contributed by atoms with Crippen LogP contribution in [-0.4, -0.2) is 0 Å². The van der Waals surface area contributed by atoms with Crippen molar-refractivity contribution in [2.24, 2.45) is 0 Å². The molecular formula is C55H37NO2. The molecule has 1 aliphatic carbocycles. The van der Waals surface area contributed by atoms with E-state index in [4.69, 9.17) is 8.83 Å². The smallest absolute Gasteiger partial charge is 0.144 e. The maximum atomic E-state index is 6.87. The Hall–Kier alpha value is -7.36. The largest absolute Gasteiger partial charge is 0.456 e. The van der Waals surface area contributed by atoms with Crippen LogP contribution in [0.4, 0.5) is 17.1 Å². The predicted octanol–water partition coefficient (Wildman–Crippen LogP) is 15.7. The summed E-state index contributed by atoms with van der Waals surface area (Å²) >= 11 is 0. The summed E-state index contributed by atoms with van der Waals surface area (Å²) in [6.07, 6.45) is 0. The van der Waals surface area contributed by atoms with E-state index in [-0.39, 0.29) is 5.41 Å². The maximum absolute atomic E-state index is 6.87. The van der Waals surface area contributed by atoms with Crippen molar-refractivity contribution < 1.29 is 8.83 Å². The molecule has 0 fully saturated rings. The summed E-state index contributed by atoms with van der Waals surface area (Å²) in [4.78, 5) is 2.42. The van der Waals surface area contributed by atoms with Gasteiger partial charge in [0.1, 0.15) is 22.3 Å². The fraction of sp³-hybridized carbons (Fsp3) is 0.0545. The fourth-order valence-corrected chi connectivity index (χ4v) is 9.74. The van der Waals surface area contributed by atoms with E-state index in [0.29, 0.717) is 0 Å². The summed E-state index contributed by atoms with van der Waals surface area (Å²) < 4.78 is 13.4. The number of para-hydroxylation sites is 1. The van der Waals surface area contributed by atoms with E-state index in [9.17, 15) is 0 Å². The minimum Gasteiger partial charge on any atom is -0.456 e. The van der Waals surface area contributed by atoms with Crippen LogP contribution in [-0.2, 0) is 5.41 Å². The summed E-state index contributed by atoms with van der Waals surface area (Å²) in [5.74, 6) is 0. The molecule has 0 aliphatic heterocycles. The van der Waals surface area contributed by atoms with E-state index in [1.54, 1.807) is 0 Å². The van der Waals surface area contributed by atoms with Crippen LogP contribution in [0.15, 0.2) is 197 Å². The van der Waals surface area contributed by atoms with Gasteiger partial charge in [-0.2, -0.15) is 0 Å². The quantitative estimate of drug-likeness (QED) is 0.176. The highest BCUT2D eigenvalue weighted by molar-refractivity contribution is 6.25. The molecule has 0 bridgehead atoms. The third kappa shape index (κ3) is 4.74. The predicted molar refractivity (Wildman–Crippen MR) is 242 cm³/mol. The number of benzene rings is 9. The molecule has 58 heavy (non-hydrogen) atoms. The Bertz CT molecular complexity index is 3420. The highest BCUT2D eigenvalue weighted by Gasteiger charge is 2.36. The second-order valence-electron chi connectivity index (χ2n) is 16.0. The van der Waals surface area contributed by atoms with Gasteiger partial charge in [0.05, 0.1) is 5.69 Å². The minimum absolute atomic E-state index is 0.114. The molecule has 11 aromatic rings. The maximum Gasteiger partial charge on any atom is 0.144 e. The van der Waals surface area contributed by atoms with Crippen molar-refractivity contribution in [3.63, 3.8) is 0 Å². The van der Waals surface area contributed by atoms with E-state index < -0.39 is 0 Å². The lowest BCUT2D eigenvalue weighted by molar-refractivity contribution is 0.660. The van der Waals surface area contributed by atoms with Crippen LogP contribution in [0, 0.1) is 0 Å². The van der Waals surface area contributed by atoms with E-state index in [1.807, 2.05) is 12.1 Å². The highest BCUT2D eigenvalue weighted by Crippen LogP contribution is 2.52. The van der Waals surface area contributed by atoms with Crippen LogP contribution in [0.25, 0.3) is 88.0 Å². The molecule has 12 rings (SSSR count). The van der Waals surface area contributed by atoms with Crippen molar-refractivity contribution in [2.75, 3.05) is 4.90 Å². The Morgan fingerprint density at radius 2 is 1.09 bits per heavy atom. The first-order valence-electron chi connectivity index (χ1n) is 20.0. The lowest BCUT2D eigenvalue weighted by Crippen LogP contribution is -2.16. The molecule has 274 valence electrons. The van der Waals surface area contributed by atoms with E-state index in [1.165, 1.54) is 33.0 Å².